The number of hydrogen-bond donors (Lipinski definition) is 2. The van der Waals surface area contributed by atoms with Crippen LogP contribution in [-0.4, -0.2) is 57.1 Å². The first-order valence-corrected chi connectivity index (χ1v) is 7.78. The quantitative estimate of drug-likeness (QED) is 0.890. The van der Waals surface area contributed by atoms with Crippen molar-refractivity contribution < 1.29 is 9.90 Å². The summed E-state index contributed by atoms with van der Waals surface area (Å²) in [5.74, 6) is 0. The molecular weight excluding hydrogens is 296 g/mol. The van der Waals surface area contributed by atoms with Crippen LogP contribution in [0.4, 0.5) is 4.79 Å². The van der Waals surface area contributed by atoms with E-state index in [0.717, 1.165) is 22.2 Å². The van der Waals surface area contributed by atoms with Crippen LogP contribution in [0, 0.1) is 0 Å². The lowest BCUT2D eigenvalue weighted by Crippen LogP contribution is -2.47. The molecule has 3 heterocycles. The number of amides is 1. The summed E-state index contributed by atoms with van der Waals surface area (Å²) in [5, 5.41) is 8.96. The molecule has 0 bridgehead atoms. The smallest absolute Gasteiger partial charge is 0.407 e. The van der Waals surface area contributed by atoms with Gasteiger partial charge in [-0.15, -0.1) is 0 Å². The predicted octanol–water partition coefficient (Wildman–Crippen LogP) is 1.28. The molecule has 0 aromatic carbocycles. The largest absolute Gasteiger partial charge is 0.465 e. The highest BCUT2D eigenvalue weighted by molar-refractivity contribution is 5.74. The van der Waals surface area contributed by atoms with E-state index in [1.165, 1.54) is 4.90 Å². The van der Waals surface area contributed by atoms with Gasteiger partial charge >= 0.3 is 6.09 Å². The van der Waals surface area contributed by atoms with Crippen molar-refractivity contribution in [2.24, 2.45) is 0 Å². The second kappa shape index (κ2) is 6.37. The van der Waals surface area contributed by atoms with Crippen LogP contribution in [0.1, 0.15) is 18.1 Å². The second-order valence-electron chi connectivity index (χ2n) is 5.80. The van der Waals surface area contributed by atoms with Crippen LogP contribution in [0.2, 0.25) is 0 Å². The van der Waals surface area contributed by atoms with Gasteiger partial charge in [-0.3, -0.25) is 14.7 Å². The van der Waals surface area contributed by atoms with E-state index in [-0.39, 0.29) is 5.56 Å². The van der Waals surface area contributed by atoms with Gasteiger partial charge in [-0.2, -0.15) is 0 Å². The zero-order valence-corrected chi connectivity index (χ0v) is 13.1. The molecule has 2 aromatic heterocycles. The first kappa shape index (κ1) is 15.5. The Hall–Kier alpha value is -2.41. The lowest BCUT2D eigenvalue weighted by molar-refractivity contribution is 0.103. The summed E-state index contributed by atoms with van der Waals surface area (Å²) in [7, 11) is 0. The molecule has 0 spiro atoms. The van der Waals surface area contributed by atoms with E-state index in [4.69, 9.17) is 5.11 Å². The number of aryl methyl sites for hydroxylation is 1. The number of pyridine rings is 2. The molecule has 2 aromatic rings. The maximum absolute atomic E-state index is 11.9. The summed E-state index contributed by atoms with van der Waals surface area (Å²) in [6.45, 7) is 5.10. The van der Waals surface area contributed by atoms with Crippen molar-refractivity contribution in [3.8, 4) is 0 Å². The van der Waals surface area contributed by atoms with Crippen LogP contribution in [0.5, 0.6) is 0 Å². The zero-order valence-electron chi connectivity index (χ0n) is 13.1. The number of fused-ring (bicyclic) bond motifs is 1. The third-order valence-electron chi connectivity index (χ3n) is 4.26. The number of rotatable bonds is 3. The molecule has 1 saturated heterocycles. The van der Waals surface area contributed by atoms with E-state index in [9.17, 15) is 9.59 Å². The van der Waals surface area contributed by atoms with Crippen molar-refractivity contribution in [3.63, 3.8) is 0 Å². The first-order chi connectivity index (χ1) is 11.1. The SMILES string of the molecule is CCc1cc2ncc(CN3CCN(C(=O)O)CC3)cc2[nH]c1=O. The monoisotopic (exact) mass is 316 g/mol. The number of carboxylic acid groups (broad SMARTS) is 1. The fourth-order valence-electron chi connectivity index (χ4n) is 2.87. The Bertz CT molecular complexity index is 778. The number of nitrogens with one attached hydrogen (secondary N) is 1. The van der Waals surface area contributed by atoms with Gasteiger partial charge in [0.2, 0.25) is 0 Å². The molecule has 7 nitrogen and oxygen atoms in total. The number of aromatic amines is 1. The Kier molecular flexibility index (Phi) is 4.29. The molecule has 0 radical (unpaired) electrons. The van der Waals surface area contributed by atoms with Crippen molar-refractivity contribution in [1.82, 2.24) is 19.8 Å². The highest BCUT2D eigenvalue weighted by atomic mass is 16.4. The summed E-state index contributed by atoms with van der Waals surface area (Å²) in [4.78, 5) is 33.8. The van der Waals surface area contributed by atoms with Crippen molar-refractivity contribution in [2.75, 3.05) is 26.2 Å². The van der Waals surface area contributed by atoms with Crippen LogP contribution < -0.4 is 5.56 Å². The van der Waals surface area contributed by atoms with Crippen LogP contribution in [0.15, 0.2) is 23.1 Å². The van der Waals surface area contributed by atoms with Gasteiger partial charge in [0.1, 0.15) is 0 Å². The molecular formula is C16H20N4O3. The topological polar surface area (TPSA) is 89.5 Å². The van der Waals surface area contributed by atoms with Gasteiger partial charge in [0.15, 0.2) is 0 Å². The maximum Gasteiger partial charge on any atom is 0.407 e. The zero-order chi connectivity index (χ0) is 16.4. The molecule has 1 fully saturated rings. The third-order valence-corrected chi connectivity index (χ3v) is 4.26. The predicted molar refractivity (Wildman–Crippen MR) is 86.6 cm³/mol. The van der Waals surface area contributed by atoms with E-state index in [1.807, 2.05) is 25.3 Å². The Labute approximate surface area is 133 Å². The number of H-pyrrole nitrogens is 1. The Morgan fingerprint density at radius 3 is 2.70 bits per heavy atom. The molecule has 0 unspecified atom stereocenters. The molecule has 0 saturated carbocycles. The number of nitrogens with zero attached hydrogens (tertiary/aromatic N) is 3. The molecule has 1 amide bonds. The van der Waals surface area contributed by atoms with Gasteiger partial charge in [0, 0.05) is 44.5 Å². The van der Waals surface area contributed by atoms with Crippen molar-refractivity contribution >= 4 is 17.1 Å². The van der Waals surface area contributed by atoms with Gasteiger partial charge in [-0.05, 0) is 24.1 Å². The summed E-state index contributed by atoms with van der Waals surface area (Å²) in [6.07, 6.45) is 1.65. The fraction of sp³-hybridized carbons (Fsp3) is 0.438. The van der Waals surface area contributed by atoms with Gasteiger partial charge < -0.3 is 15.0 Å². The Morgan fingerprint density at radius 2 is 2.04 bits per heavy atom. The summed E-state index contributed by atoms with van der Waals surface area (Å²) < 4.78 is 0. The summed E-state index contributed by atoms with van der Waals surface area (Å²) >= 11 is 0. The molecule has 0 aliphatic carbocycles. The minimum absolute atomic E-state index is 0.0611. The van der Waals surface area contributed by atoms with Gasteiger partial charge in [-0.25, -0.2) is 4.79 Å². The minimum atomic E-state index is -0.860. The average molecular weight is 316 g/mol. The number of piperazine rings is 1. The molecule has 3 rings (SSSR count). The van der Waals surface area contributed by atoms with Crippen molar-refractivity contribution in [2.45, 2.75) is 19.9 Å². The molecule has 0 atom stereocenters. The van der Waals surface area contributed by atoms with E-state index in [0.29, 0.717) is 39.1 Å². The van der Waals surface area contributed by atoms with Crippen LogP contribution in [0.25, 0.3) is 11.0 Å². The standard InChI is InChI=1S/C16H20N4O3/c1-2-12-8-13-14(18-15(12)21)7-11(9-17-13)10-19-3-5-20(6-4-19)16(22)23/h7-9H,2-6,10H2,1H3,(H,18,21)(H,22,23). The van der Waals surface area contributed by atoms with E-state index >= 15 is 0 Å². The van der Waals surface area contributed by atoms with Gasteiger partial charge in [0.05, 0.1) is 11.0 Å². The van der Waals surface area contributed by atoms with Crippen LogP contribution in [0.3, 0.4) is 0 Å². The lowest BCUT2D eigenvalue weighted by atomic mass is 10.1. The normalized spacial score (nSPS) is 16.0. The Balaban J connectivity index is 1.74. The van der Waals surface area contributed by atoms with Crippen LogP contribution >= 0.6 is 0 Å². The van der Waals surface area contributed by atoms with E-state index in [1.54, 1.807) is 0 Å². The van der Waals surface area contributed by atoms with Crippen LogP contribution in [-0.2, 0) is 13.0 Å². The number of hydrogen-bond acceptors (Lipinski definition) is 4. The molecule has 1 aliphatic heterocycles. The minimum Gasteiger partial charge on any atom is -0.465 e. The Morgan fingerprint density at radius 1 is 1.30 bits per heavy atom. The first-order valence-electron chi connectivity index (χ1n) is 7.78. The van der Waals surface area contributed by atoms with Gasteiger partial charge in [0.25, 0.3) is 5.56 Å². The van der Waals surface area contributed by atoms with E-state index in [2.05, 4.69) is 14.9 Å². The number of aromatic nitrogens is 2. The highest BCUT2D eigenvalue weighted by Gasteiger charge is 2.20. The highest BCUT2D eigenvalue weighted by Crippen LogP contribution is 2.14. The maximum atomic E-state index is 11.9. The summed E-state index contributed by atoms with van der Waals surface area (Å²) in [5.41, 5.74) is 3.23. The van der Waals surface area contributed by atoms with E-state index < -0.39 is 6.09 Å². The summed E-state index contributed by atoms with van der Waals surface area (Å²) in [6, 6.07) is 3.79. The number of carbonyl (C=O) groups is 1. The molecule has 2 N–H and O–H groups in total. The molecule has 7 heteroatoms. The van der Waals surface area contributed by atoms with Gasteiger partial charge in [-0.1, -0.05) is 6.92 Å². The third kappa shape index (κ3) is 3.34. The second-order valence-corrected chi connectivity index (χ2v) is 5.80. The molecule has 122 valence electrons. The van der Waals surface area contributed by atoms with Crippen molar-refractivity contribution in [3.05, 3.63) is 39.8 Å². The lowest BCUT2D eigenvalue weighted by Gasteiger charge is -2.33. The van der Waals surface area contributed by atoms with Crippen molar-refractivity contribution in [1.29, 1.82) is 0 Å². The molecule has 1 aliphatic rings. The fourth-order valence-corrected chi connectivity index (χ4v) is 2.87. The molecule has 23 heavy (non-hydrogen) atoms. The average Bonchev–Trinajstić information content (AvgIpc) is 2.54.